The molecular formula is C26H26ClN7O. The number of carbonyl (C=O) groups is 1. The fraction of sp³-hybridized carbons (Fsp3) is 0.231. The lowest BCUT2D eigenvalue weighted by Crippen LogP contribution is -2.16. The van der Waals surface area contributed by atoms with Gasteiger partial charge in [0.1, 0.15) is 10.8 Å². The maximum atomic E-state index is 12.1. The first-order valence-electron chi connectivity index (χ1n) is 11.4. The molecule has 0 unspecified atom stereocenters. The average Bonchev–Trinajstić information content (AvgIpc) is 3.22. The van der Waals surface area contributed by atoms with Gasteiger partial charge in [-0.05, 0) is 54.7 Å². The molecule has 8 nitrogen and oxygen atoms in total. The number of nitrogens with one attached hydrogen (secondary N) is 4. The highest BCUT2D eigenvalue weighted by atomic mass is 35.5. The minimum absolute atomic E-state index is 0.0410. The van der Waals surface area contributed by atoms with Gasteiger partial charge in [-0.3, -0.25) is 4.79 Å². The monoisotopic (exact) mass is 487 g/mol. The van der Waals surface area contributed by atoms with E-state index in [1.807, 2.05) is 49.4 Å². The van der Waals surface area contributed by atoms with E-state index in [4.69, 9.17) is 11.6 Å². The molecular weight excluding hydrogens is 462 g/mol. The van der Waals surface area contributed by atoms with Crippen LogP contribution in [0.25, 0.3) is 11.4 Å². The lowest BCUT2D eigenvalue weighted by atomic mass is 9.80. The number of imidazole rings is 1. The molecule has 0 fully saturated rings. The van der Waals surface area contributed by atoms with Gasteiger partial charge in [0.2, 0.25) is 11.9 Å². The molecule has 0 aliphatic carbocycles. The first-order valence-corrected chi connectivity index (χ1v) is 11.8. The molecule has 0 radical (unpaired) electrons. The first kappa shape index (κ1) is 22.9. The zero-order valence-corrected chi connectivity index (χ0v) is 20.5. The molecule has 178 valence electrons. The summed E-state index contributed by atoms with van der Waals surface area (Å²) in [5.74, 6) is 1.67. The number of rotatable bonds is 5. The first-order chi connectivity index (χ1) is 16.8. The number of aryl methyl sites for hydroxylation is 1. The van der Waals surface area contributed by atoms with Gasteiger partial charge in [0.05, 0.1) is 11.9 Å². The minimum atomic E-state index is -0.145. The zero-order chi connectivity index (χ0) is 24.6. The fourth-order valence-electron chi connectivity index (χ4n) is 4.18. The number of para-hydroxylation sites is 1. The van der Waals surface area contributed by atoms with Crippen molar-refractivity contribution in [1.82, 2.24) is 19.9 Å². The van der Waals surface area contributed by atoms with E-state index in [9.17, 15) is 4.79 Å². The highest BCUT2D eigenvalue weighted by molar-refractivity contribution is 6.33. The lowest BCUT2D eigenvalue weighted by molar-refractivity contribution is -0.116. The van der Waals surface area contributed by atoms with Crippen LogP contribution in [0.3, 0.4) is 0 Å². The van der Waals surface area contributed by atoms with Gasteiger partial charge in [-0.1, -0.05) is 37.6 Å². The van der Waals surface area contributed by atoms with Crippen molar-refractivity contribution < 1.29 is 4.79 Å². The second kappa shape index (κ2) is 9.03. The number of amides is 1. The SMILES string of the molecule is Cc1cnc(-c2ccccc2Nc2nc(Nc3ccc4c(c3)C(C)(C)CCC(=O)N4)ncc2Cl)[nH]1. The Morgan fingerprint density at radius 2 is 1.89 bits per heavy atom. The predicted molar refractivity (Wildman–Crippen MR) is 140 cm³/mol. The molecule has 0 spiro atoms. The highest BCUT2D eigenvalue weighted by Gasteiger charge is 2.28. The standard InChI is InChI=1S/C26H26ClN7O/c1-15-13-28-23(30-15)17-6-4-5-7-20(17)33-24-19(27)14-29-25(34-24)31-16-8-9-21-18(12-16)26(2,3)11-10-22(35)32-21/h4-9,12-14H,10-11H2,1-3H3,(H,28,30)(H,32,35)(H2,29,31,33,34). The number of hydrogen-bond donors (Lipinski definition) is 4. The Morgan fingerprint density at radius 3 is 2.69 bits per heavy atom. The molecule has 35 heavy (non-hydrogen) atoms. The Morgan fingerprint density at radius 1 is 1.06 bits per heavy atom. The molecule has 0 saturated carbocycles. The Bertz CT molecular complexity index is 1410. The van der Waals surface area contributed by atoms with E-state index >= 15 is 0 Å². The summed E-state index contributed by atoms with van der Waals surface area (Å²) in [5.41, 5.74) is 5.29. The number of halogens is 1. The number of carbonyl (C=O) groups excluding carboxylic acids is 1. The molecule has 4 N–H and O–H groups in total. The third-order valence-electron chi connectivity index (χ3n) is 6.14. The molecule has 0 atom stereocenters. The Balaban J connectivity index is 1.43. The number of hydrogen-bond acceptors (Lipinski definition) is 6. The molecule has 2 aromatic heterocycles. The van der Waals surface area contributed by atoms with Crippen LogP contribution >= 0.6 is 11.6 Å². The van der Waals surface area contributed by atoms with Crippen LogP contribution in [0, 0.1) is 6.92 Å². The molecule has 1 amide bonds. The van der Waals surface area contributed by atoms with Crippen molar-refractivity contribution in [2.45, 2.75) is 39.0 Å². The van der Waals surface area contributed by atoms with Gasteiger partial charge in [0.15, 0.2) is 5.82 Å². The van der Waals surface area contributed by atoms with Crippen LogP contribution in [-0.2, 0) is 10.2 Å². The summed E-state index contributed by atoms with van der Waals surface area (Å²) in [6.45, 7) is 6.26. The summed E-state index contributed by atoms with van der Waals surface area (Å²) in [7, 11) is 0. The van der Waals surface area contributed by atoms with Crippen molar-refractivity contribution in [3.05, 3.63) is 71.1 Å². The van der Waals surface area contributed by atoms with Crippen molar-refractivity contribution in [3.8, 4) is 11.4 Å². The third kappa shape index (κ3) is 4.83. The number of benzene rings is 2. The number of fused-ring (bicyclic) bond motifs is 1. The van der Waals surface area contributed by atoms with Crippen molar-refractivity contribution in [1.29, 1.82) is 0 Å². The van der Waals surface area contributed by atoms with E-state index in [-0.39, 0.29) is 11.3 Å². The van der Waals surface area contributed by atoms with Crippen molar-refractivity contribution in [2.75, 3.05) is 16.0 Å². The van der Waals surface area contributed by atoms with E-state index < -0.39 is 0 Å². The van der Waals surface area contributed by atoms with Gasteiger partial charge in [0, 0.05) is 35.2 Å². The summed E-state index contributed by atoms with van der Waals surface area (Å²) in [6, 6.07) is 13.7. The highest BCUT2D eigenvalue weighted by Crippen LogP contribution is 2.38. The van der Waals surface area contributed by atoms with Gasteiger partial charge < -0.3 is 20.9 Å². The summed E-state index contributed by atoms with van der Waals surface area (Å²) in [6.07, 6.45) is 4.62. The number of nitrogens with zero attached hydrogens (tertiary/aromatic N) is 3. The summed E-state index contributed by atoms with van der Waals surface area (Å²) in [4.78, 5) is 28.7. The quantitative estimate of drug-likeness (QED) is 0.262. The molecule has 0 saturated heterocycles. The normalized spacial score (nSPS) is 14.6. The molecule has 4 aromatic rings. The Labute approximate surface area is 208 Å². The van der Waals surface area contributed by atoms with E-state index in [1.54, 1.807) is 12.4 Å². The van der Waals surface area contributed by atoms with Crippen LogP contribution < -0.4 is 16.0 Å². The molecule has 2 aromatic carbocycles. The van der Waals surface area contributed by atoms with Crippen molar-refractivity contribution in [2.24, 2.45) is 0 Å². The van der Waals surface area contributed by atoms with Gasteiger partial charge in [-0.2, -0.15) is 4.98 Å². The van der Waals surface area contributed by atoms with Gasteiger partial charge in [0.25, 0.3) is 0 Å². The fourth-order valence-corrected chi connectivity index (χ4v) is 4.32. The van der Waals surface area contributed by atoms with Crippen LogP contribution in [0.1, 0.15) is 37.9 Å². The second-order valence-electron chi connectivity index (χ2n) is 9.29. The van der Waals surface area contributed by atoms with Crippen molar-refractivity contribution in [3.63, 3.8) is 0 Å². The second-order valence-corrected chi connectivity index (χ2v) is 9.70. The van der Waals surface area contributed by atoms with Crippen LogP contribution in [0.4, 0.5) is 28.8 Å². The topological polar surface area (TPSA) is 108 Å². The smallest absolute Gasteiger partial charge is 0.229 e. The summed E-state index contributed by atoms with van der Waals surface area (Å²) >= 11 is 6.44. The van der Waals surface area contributed by atoms with Gasteiger partial charge in [-0.25, -0.2) is 9.97 Å². The van der Waals surface area contributed by atoms with E-state index in [0.717, 1.165) is 46.1 Å². The number of anilines is 5. The molecule has 9 heteroatoms. The molecule has 3 heterocycles. The largest absolute Gasteiger partial charge is 0.342 e. The lowest BCUT2D eigenvalue weighted by Gasteiger charge is -2.25. The number of H-pyrrole nitrogens is 1. The summed E-state index contributed by atoms with van der Waals surface area (Å²) in [5, 5.41) is 9.99. The predicted octanol–water partition coefficient (Wildman–Crippen LogP) is 6.33. The van der Waals surface area contributed by atoms with Crippen LogP contribution in [0.5, 0.6) is 0 Å². The molecule has 5 rings (SSSR count). The third-order valence-corrected chi connectivity index (χ3v) is 6.41. The Hall–Kier alpha value is -3.91. The maximum absolute atomic E-state index is 12.1. The zero-order valence-electron chi connectivity index (χ0n) is 19.7. The van der Waals surface area contributed by atoms with E-state index in [1.165, 1.54) is 0 Å². The Kier molecular flexibility index (Phi) is 5.90. The van der Waals surface area contributed by atoms with Crippen LogP contribution in [0.15, 0.2) is 54.9 Å². The minimum Gasteiger partial charge on any atom is -0.342 e. The maximum Gasteiger partial charge on any atom is 0.229 e. The molecule has 0 bridgehead atoms. The number of aromatic nitrogens is 4. The van der Waals surface area contributed by atoms with Gasteiger partial charge in [-0.15, -0.1) is 0 Å². The summed E-state index contributed by atoms with van der Waals surface area (Å²) < 4.78 is 0. The molecule has 1 aliphatic rings. The van der Waals surface area contributed by atoms with Crippen LogP contribution in [-0.4, -0.2) is 25.8 Å². The number of aromatic amines is 1. The molecule has 1 aliphatic heterocycles. The van der Waals surface area contributed by atoms with Gasteiger partial charge >= 0.3 is 0 Å². The van der Waals surface area contributed by atoms with E-state index in [2.05, 4.69) is 49.7 Å². The van der Waals surface area contributed by atoms with Crippen LogP contribution in [0.2, 0.25) is 5.02 Å². The average molecular weight is 488 g/mol. The van der Waals surface area contributed by atoms with E-state index in [0.29, 0.717) is 23.2 Å². The van der Waals surface area contributed by atoms with Crippen molar-refractivity contribution >= 4 is 46.3 Å².